The predicted molar refractivity (Wildman–Crippen MR) is 88.5 cm³/mol. The van der Waals surface area contributed by atoms with E-state index in [1.807, 2.05) is 61.5 Å². The number of H-pyrrole nitrogens is 1. The molecule has 0 atom stereocenters. The Morgan fingerprint density at radius 1 is 1.05 bits per heavy atom. The van der Waals surface area contributed by atoms with Crippen molar-refractivity contribution in [3.8, 4) is 11.3 Å². The number of nitrogens with one attached hydrogen (secondary N) is 1. The predicted octanol–water partition coefficient (Wildman–Crippen LogP) is 3.96. The van der Waals surface area contributed by atoms with E-state index < -0.39 is 0 Å². The van der Waals surface area contributed by atoms with Gasteiger partial charge in [-0.25, -0.2) is 4.68 Å². The summed E-state index contributed by atoms with van der Waals surface area (Å²) in [4.78, 5) is 12.4. The fourth-order valence-electron chi connectivity index (χ4n) is 2.35. The lowest BCUT2D eigenvalue weighted by atomic mass is 10.1. The Hall–Kier alpha value is -2.07. The smallest absolute Gasteiger partial charge is 0.270 e. The Bertz CT molecular complexity index is 801. The lowest BCUT2D eigenvalue weighted by Crippen LogP contribution is -2.18. The third-order valence-electron chi connectivity index (χ3n) is 3.50. The van der Waals surface area contributed by atoms with Crippen molar-refractivity contribution in [2.24, 2.45) is 0 Å². The van der Waals surface area contributed by atoms with E-state index in [2.05, 4.69) is 21.0 Å². The van der Waals surface area contributed by atoms with Crippen LogP contribution in [0.15, 0.2) is 63.9 Å². The number of rotatable bonds is 3. The first-order chi connectivity index (χ1) is 10.1. The molecule has 0 spiro atoms. The van der Waals surface area contributed by atoms with Crippen molar-refractivity contribution in [2.45, 2.75) is 13.5 Å². The van der Waals surface area contributed by atoms with Gasteiger partial charge in [-0.05, 0) is 30.2 Å². The molecule has 3 rings (SSSR count). The quantitative estimate of drug-likeness (QED) is 0.768. The number of aromatic nitrogens is 2. The van der Waals surface area contributed by atoms with Gasteiger partial charge in [-0.15, -0.1) is 0 Å². The van der Waals surface area contributed by atoms with E-state index in [0.717, 1.165) is 26.9 Å². The van der Waals surface area contributed by atoms with Gasteiger partial charge in [0.1, 0.15) is 0 Å². The Balaban J connectivity index is 1.98. The molecule has 0 unspecified atom stereocenters. The van der Waals surface area contributed by atoms with Crippen LogP contribution in [-0.4, -0.2) is 9.78 Å². The van der Waals surface area contributed by atoms with Crippen LogP contribution in [0.1, 0.15) is 11.1 Å². The maximum absolute atomic E-state index is 12.4. The first kappa shape index (κ1) is 13.9. The monoisotopic (exact) mass is 342 g/mol. The summed E-state index contributed by atoms with van der Waals surface area (Å²) in [5.41, 5.74) is 3.77. The third kappa shape index (κ3) is 2.85. The molecule has 3 nitrogen and oxygen atoms in total. The standard InChI is InChI=1S/C17H15BrN2O/c1-12-16(14-5-3-2-4-6-14)19-20(17(12)21)11-13-7-9-15(18)10-8-13/h2-10,19H,11H2,1H3. The van der Waals surface area contributed by atoms with Crippen LogP contribution in [0.2, 0.25) is 0 Å². The van der Waals surface area contributed by atoms with Crippen LogP contribution in [0, 0.1) is 6.92 Å². The average molecular weight is 343 g/mol. The highest BCUT2D eigenvalue weighted by Gasteiger charge is 2.11. The van der Waals surface area contributed by atoms with E-state index in [4.69, 9.17) is 0 Å². The van der Waals surface area contributed by atoms with Gasteiger partial charge in [0.05, 0.1) is 12.2 Å². The summed E-state index contributed by atoms with van der Waals surface area (Å²) in [5, 5.41) is 3.22. The largest absolute Gasteiger partial charge is 0.294 e. The van der Waals surface area contributed by atoms with E-state index in [0.29, 0.717) is 6.54 Å². The van der Waals surface area contributed by atoms with Gasteiger partial charge < -0.3 is 0 Å². The second kappa shape index (κ2) is 5.74. The number of aromatic amines is 1. The summed E-state index contributed by atoms with van der Waals surface area (Å²) in [6, 6.07) is 17.9. The van der Waals surface area contributed by atoms with Crippen LogP contribution in [0.4, 0.5) is 0 Å². The third-order valence-corrected chi connectivity index (χ3v) is 4.03. The van der Waals surface area contributed by atoms with Gasteiger partial charge in [-0.3, -0.25) is 9.89 Å². The van der Waals surface area contributed by atoms with Gasteiger partial charge in [-0.1, -0.05) is 58.4 Å². The summed E-state index contributed by atoms with van der Waals surface area (Å²) in [6.07, 6.45) is 0. The van der Waals surface area contributed by atoms with Gasteiger partial charge in [0.15, 0.2) is 0 Å². The molecule has 0 radical (unpaired) electrons. The fraction of sp³-hybridized carbons (Fsp3) is 0.118. The Kier molecular flexibility index (Phi) is 3.80. The van der Waals surface area contributed by atoms with Crippen molar-refractivity contribution in [1.82, 2.24) is 9.78 Å². The van der Waals surface area contributed by atoms with Gasteiger partial charge in [-0.2, -0.15) is 0 Å². The minimum Gasteiger partial charge on any atom is -0.294 e. The normalized spacial score (nSPS) is 10.8. The molecule has 106 valence electrons. The number of hydrogen-bond donors (Lipinski definition) is 1. The summed E-state index contributed by atoms with van der Waals surface area (Å²) in [6.45, 7) is 2.40. The molecule has 0 aliphatic carbocycles. The van der Waals surface area contributed by atoms with Crippen LogP contribution >= 0.6 is 15.9 Å². The molecule has 0 amide bonds. The van der Waals surface area contributed by atoms with Crippen molar-refractivity contribution >= 4 is 15.9 Å². The van der Waals surface area contributed by atoms with Crippen molar-refractivity contribution in [1.29, 1.82) is 0 Å². The van der Waals surface area contributed by atoms with Crippen LogP contribution in [0.25, 0.3) is 11.3 Å². The SMILES string of the molecule is Cc1c(-c2ccccc2)[nH]n(Cc2ccc(Br)cc2)c1=O. The molecule has 0 saturated heterocycles. The minimum atomic E-state index is 0.0248. The molecule has 1 heterocycles. The second-order valence-electron chi connectivity index (χ2n) is 5.00. The molecule has 0 aliphatic heterocycles. The molecule has 0 fully saturated rings. The molecule has 4 heteroatoms. The molecule has 0 saturated carbocycles. The first-order valence-electron chi connectivity index (χ1n) is 6.74. The van der Waals surface area contributed by atoms with Crippen molar-refractivity contribution in [3.63, 3.8) is 0 Å². The van der Waals surface area contributed by atoms with Crippen LogP contribution in [0.3, 0.4) is 0 Å². The summed E-state index contributed by atoms with van der Waals surface area (Å²) >= 11 is 3.42. The Labute approximate surface area is 131 Å². The lowest BCUT2D eigenvalue weighted by molar-refractivity contribution is 0.665. The Morgan fingerprint density at radius 3 is 2.38 bits per heavy atom. The summed E-state index contributed by atoms with van der Waals surface area (Å²) in [7, 11) is 0. The van der Waals surface area contributed by atoms with Gasteiger partial charge in [0.2, 0.25) is 0 Å². The maximum atomic E-state index is 12.4. The van der Waals surface area contributed by atoms with Crippen LogP contribution < -0.4 is 5.56 Å². The Morgan fingerprint density at radius 2 is 1.71 bits per heavy atom. The van der Waals surface area contributed by atoms with Gasteiger partial charge >= 0.3 is 0 Å². The number of nitrogens with zero attached hydrogens (tertiary/aromatic N) is 1. The maximum Gasteiger partial charge on any atom is 0.270 e. The van der Waals surface area contributed by atoms with E-state index in [-0.39, 0.29) is 5.56 Å². The van der Waals surface area contributed by atoms with E-state index in [1.165, 1.54) is 0 Å². The topological polar surface area (TPSA) is 37.8 Å². The molecule has 0 bridgehead atoms. The number of hydrogen-bond acceptors (Lipinski definition) is 1. The summed E-state index contributed by atoms with van der Waals surface area (Å²) in [5.74, 6) is 0. The zero-order valence-corrected chi connectivity index (χ0v) is 13.2. The van der Waals surface area contributed by atoms with E-state index >= 15 is 0 Å². The molecule has 1 N–H and O–H groups in total. The van der Waals surface area contributed by atoms with Crippen LogP contribution in [-0.2, 0) is 6.54 Å². The molecular formula is C17H15BrN2O. The highest BCUT2D eigenvalue weighted by atomic mass is 79.9. The second-order valence-corrected chi connectivity index (χ2v) is 5.91. The highest BCUT2D eigenvalue weighted by Crippen LogP contribution is 2.19. The van der Waals surface area contributed by atoms with Gasteiger partial charge in [0.25, 0.3) is 5.56 Å². The van der Waals surface area contributed by atoms with E-state index in [9.17, 15) is 4.79 Å². The zero-order chi connectivity index (χ0) is 14.8. The molecular weight excluding hydrogens is 328 g/mol. The molecule has 3 aromatic rings. The highest BCUT2D eigenvalue weighted by molar-refractivity contribution is 9.10. The molecule has 2 aromatic carbocycles. The number of halogens is 1. The number of benzene rings is 2. The van der Waals surface area contributed by atoms with Gasteiger partial charge in [0, 0.05) is 10.0 Å². The van der Waals surface area contributed by atoms with Crippen molar-refractivity contribution < 1.29 is 0 Å². The van der Waals surface area contributed by atoms with E-state index in [1.54, 1.807) is 4.68 Å². The molecule has 1 aromatic heterocycles. The van der Waals surface area contributed by atoms with Crippen LogP contribution in [0.5, 0.6) is 0 Å². The lowest BCUT2D eigenvalue weighted by Gasteiger charge is -2.03. The first-order valence-corrected chi connectivity index (χ1v) is 7.54. The molecule has 0 aliphatic rings. The minimum absolute atomic E-state index is 0.0248. The van der Waals surface area contributed by atoms with Crippen molar-refractivity contribution in [3.05, 3.63) is 80.6 Å². The van der Waals surface area contributed by atoms with Crippen molar-refractivity contribution in [2.75, 3.05) is 0 Å². The average Bonchev–Trinajstić information content (AvgIpc) is 2.79. The molecule has 21 heavy (non-hydrogen) atoms. The summed E-state index contributed by atoms with van der Waals surface area (Å²) < 4.78 is 2.69. The fourth-order valence-corrected chi connectivity index (χ4v) is 2.61. The zero-order valence-electron chi connectivity index (χ0n) is 11.6.